The van der Waals surface area contributed by atoms with Crippen LogP contribution in [0.2, 0.25) is 0 Å². The van der Waals surface area contributed by atoms with E-state index in [0.717, 1.165) is 0 Å². The van der Waals surface area contributed by atoms with Crippen molar-refractivity contribution in [2.45, 2.75) is 0 Å². The molecule has 0 fully saturated rings. The van der Waals surface area contributed by atoms with Crippen LogP contribution in [-0.2, 0) is 0 Å². The normalized spacial score (nSPS) is 10.4. The van der Waals surface area contributed by atoms with Crippen LogP contribution < -0.4 is 18.9 Å². The molecule has 146 valence electrons. The summed E-state index contributed by atoms with van der Waals surface area (Å²) in [6, 6.07) is 7.56. The molecule has 1 aromatic heterocycles. The molecule has 0 amide bonds. The lowest BCUT2D eigenvalue weighted by Gasteiger charge is -2.13. The Morgan fingerprint density at radius 1 is 0.929 bits per heavy atom. The average molecular weight is 386 g/mol. The van der Waals surface area contributed by atoms with Gasteiger partial charge in [0.2, 0.25) is 17.4 Å². The smallest absolute Gasteiger partial charge is 0.232 e. The third-order valence-electron chi connectivity index (χ3n) is 4.01. The maximum Gasteiger partial charge on any atom is 0.232 e. The summed E-state index contributed by atoms with van der Waals surface area (Å²) >= 11 is 0. The maximum atomic E-state index is 13.0. The number of ketones is 1. The molecule has 3 aromatic rings. The monoisotopic (exact) mass is 386 g/mol. The molecule has 0 bridgehead atoms. The molecule has 1 N–H and O–H groups in total. The zero-order chi connectivity index (χ0) is 20.3. The van der Waals surface area contributed by atoms with Gasteiger partial charge in [-0.15, -0.1) is 5.10 Å². The van der Waals surface area contributed by atoms with Crippen molar-refractivity contribution in [3.63, 3.8) is 0 Å². The maximum absolute atomic E-state index is 13.0. The fourth-order valence-corrected chi connectivity index (χ4v) is 2.65. The Morgan fingerprint density at radius 3 is 2.11 bits per heavy atom. The summed E-state index contributed by atoms with van der Waals surface area (Å²) in [5, 5.41) is 21.2. The van der Waals surface area contributed by atoms with Gasteiger partial charge in [0.05, 0.1) is 34.1 Å². The SMILES string of the molecule is COc1ccc(-n2nnnc2C(=O)c2cc(OC)c(OC)c(OC)c2)cc1O. The van der Waals surface area contributed by atoms with Crippen molar-refractivity contribution in [2.24, 2.45) is 0 Å². The first kappa shape index (κ1) is 19.0. The number of aromatic hydroxyl groups is 1. The highest BCUT2D eigenvalue weighted by molar-refractivity contribution is 6.07. The average Bonchev–Trinajstić information content (AvgIpc) is 3.21. The molecule has 2 aromatic carbocycles. The Kier molecular flexibility index (Phi) is 5.30. The number of carbonyl (C=O) groups excluding carboxylic acids is 1. The highest BCUT2D eigenvalue weighted by Gasteiger charge is 2.23. The number of phenolic OH excluding ortho intramolecular Hbond substituents is 1. The van der Waals surface area contributed by atoms with Crippen LogP contribution in [0.25, 0.3) is 5.69 Å². The van der Waals surface area contributed by atoms with Crippen molar-refractivity contribution in [3.8, 4) is 34.4 Å². The fraction of sp³-hybridized carbons (Fsp3) is 0.222. The Hall–Kier alpha value is -3.82. The summed E-state index contributed by atoms with van der Waals surface area (Å²) in [4.78, 5) is 13.0. The molecule has 0 aliphatic rings. The predicted octanol–water partition coefficient (Wildman–Crippen LogP) is 1.63. The predicted molar refractivity (Wildman–Crippen MR) is 96.9 cm³/mol. The summed E-state index contributed by atoms with van der Waals surface area (Å²) in [6.45, 7) is 0. The Balaban J connectivity index is 2.06. The zero-order valence-corrected chi connectivity index (χ0v) is 15.7. The van der Waals surface area contributed by atoms with E-state index < -0.39 is 5.78 Å². The first-order chi connectivity index (χ1) is 13.5. The Bertz CT molecular complexity index is 992. The van der Waals surface area contributed by atoms with Crippen LogP contribution in [0.4, 0.5) is 0 Å². The first-order valence-corrected chi connectivity index (χ1v) is 8.04. The van der Waals surface area contributed by atoms with E-state index in [-0.39, 0.29) is 22.9 Å². The van der Waals surface area contributed by atoms with Gasteiger partial charge in [0, 0.05) is 11.6 Å². The number of benzene rings is 2. The van der Waals surface area contributed by atoms with Crippen LogP contribution in [0.15, 0.2) is 30.3 Å². The van der Waals surface area contributed by atoms with Gasteiger partial charge in [-0.05, 0) is 34.7 Å². The van der Waals surface area contributed by atoms with Crippen molar-refractivity contribution in [3.05, 3.63) is 41.7 Å². The van der Waals surface area contributed by atoms with Gasteiger partial charge in [-0.2, -0.15) is 4.68 Å². The topological polar surface area (TPSA) is 118 Å². The largest absolute Gasteiger partial charge is 0.504 e. The molecule has 10 heteroatoms. The number of rotatable bonds is 7. The van der Waals surface area contributed by atoms with E-state index in [1.54, 1.807) is 12.1 Å². The van der Waals surface area contributed by atoms with Gasteiger partial charge in [0.25, 0.3) is 0 Å². The zero-order valence-electron chi connectivity index (χ0n) is 15.7. The van der Waals surface area contributed by atoms with Crippen LogP contribution in [-0.4, -0.2) is 59.5 Å². The van der Waals surface area contributed by atoms with Crippen molar-refractivity contribution >= 4 is 5.78 Å². The van der Waals surface area contributed by atoms with Crippen molar-refractivity contribution in [2.75, 3.05) is 28.4 Å². The van der Waals surface area contributed by atoms with Crippen LogP contribution in [0.3, 0.4) is 0 Å². The second kappa shape index (κ2) is 7.82. The molecule has 0 saturated carbocycles. The minimum atomic E-state index is -0.473. The molecule has 28 heavy (non-hydrogen) atoms. The Labute approximate surface area is 160 Å². The van der Waals surface area contributed by atoms with Gasteiger partial charge in [-0.25, -0.2) is 0 Å². The van der Waals surface area contributed by atoms with Crippen LogP contribution >= 0.6 is 0 Å². The van der Waals surface area contributed by atoms with Gasteiger partial charge >= 0.3 is 0 Å². The number of hydrogen-bond acceptors (Lipinski definition) is 9. The van der Waals surface area contributed by atoms with E-state index in [1.807, 2.05) is 0 Å². The third kappa shape index (κ3) is 3.27. The molecule has 10 nitrogen and oxygen atoms in total. The van der Waals surface area contributed by atoms with E-state index >= 15 is 0 Å². The lowest BCUT2D eigenvalue weighted by atomic mass is 10.1. The summed E-state index contributed by atoms with van der Waals surface area (Å²) in [6.07, 6.45) is 0. The minimum Gasteiger partial charge on any atom is -0.504 e. The van der Waals surface area contributed by atoms with E-state index in [0.29, 0.717) is 22.9 Å². The molecule has 0 radical (unpaired) electrons. The van der Waals surface area contributed by atoms with Gasteiger partial charge in [-0.1, -0.05) is 0 Å². The number of hydrogen-bond donors (Lipinski definition) is 1. The molecule has 0 unspecified atom stereocenters. The number of phenols is 1. The van der Waals surface area contributed by atoms with E-state index in [1.165, 1.54) is 51.3 Å². The first-order valence-electron chi connectivity index (χ1n) is 8.04. The second-order valence-corrected chi connectivity index (χ2v) is 5.51. The quantitative estimate of drug-likeness (QED) is 0.604. The number of tetrazole rings is 1. The van der Waals surface area contributed by atoms with E-state index in [4.69, 9.17) is 18.9 Å². The molecule has 0 aliphatic carbocycles. The van der Waals surface area contributed by atoms with Gasteiger partial charge < -0.3 is 24.1 Å². The number of aromatic nitrogens is 4. The molecule has 0 aliphatic heterocycles. The molecular weight excluding hydrogens is 368 g/mol. The number of methoxy groups -OCH3 is 4. The van der Waals surface area contributed by atoms with Crippen LogP contribution in [0, 0.1) is 0 Å². The number of nitrogens with zero attached hydrogens (tertiary/aromatic N) is 4. The van der Waals surface area contributed by atoms with Gasteiger partial charge in [0.15, 0.2) is 23.0 Å². The molecule has 0 atom stereocenters. The lowest BCUT2D eigenvalue weighted by molar-refractivity contribution is 0.102. The van der Waals surface area contributed by atoms with E-state index in [2.05, 4.69) is 15.5 Å². The molecule has 0 spiro atoms. The van der Waals surface area contributed by atoms with Gasteiger partial charge in [0.1, 0.15) is 0 Å². The summed E-state index contributed by atoms with van der Waals surface area (Å²) in [5.74, 6) is 0.660. The standard InChI is InChI=1S/C18H18N4O6/c1-25-13-6-5-11(9-12(13)23)22-18(19-20-21-22)16(24)10-7-14(26-2)17(28-4)15(8-10)27-3/h5-9,23H,1-4H3. The molecular formula is C18H18N4O6. The van der Waals surface area contributed by atoms with Crippen molar-refractivity contribution in [1.29, 1.82) is 0 Å². The molecule has 1 heterocycles. The third-order valence-corrected chi connectivity index (χ3v) is 4.01. The second-order valence-electron chi connectivity index (χ2n) is 5.51. The molecule has 3 rings (SSSR count). The highest BCUT2D eigenvalue weighted by atomic mass is 16.5. The summed E-state index contributed by atoms with van der Waals surface area (Å²) in [5.41, 5.74) is 0.627. The van der Waals surface area contributed by atoms with Gasteiger partial charge in [-0.3, -0.25) is 4.79 Å². The van der Waals surface area contributed by atoms with Crippen molar-refractivity contribution in [1.82, 2.24) is 20.2 Å². The lowest BCUT2D eigenvalue weighted by Crippen LogP contribution is -2.12. The number of ether oxygens (including phenoxy) is 4. The van der Waals surface area contributed by atoms with Crippen molar-refractivity contribution < 1.29 is 28.8 Å². The highest BCUT2D eigenvalue weighted by Crippen LogP contribution is 2.38. The van der Waals surface area contributed by atoms with Crippen LogP contribution in [0.5, 0.6) is 28.7 Å². The fourth-order valence-electron chi connectivity index (χ4n) is 2.65. The van der Waals surface area contributed by atoms with Crippen LogP contribution in [0.1, 0.15) is 16.2 Å². The minimum absolute atomic E-state index is 0.0566. The summed E-state index contributed by atoms with van der Waals surface area (Å²) < 4.78 is 22.1. The Morgan fingerprint density at radius 2 is 1.57 bits per heavy atom. The van der Waals surface area contributed by atoms with E-state index in [9.17, 15) is 9.90 Å². The number of carbonyl (C=O) groups is 1. The molecule has 0 saturated heterocycles. The summed E-state index contributed by atoms with van der Waals surface area (Å²) in [7, 11) is 5.81.